The molecule has 0 aliphatic rings. The Hall–Kier alpha value is -2.76. The standard InChI is InChI=1S/C20H26FN3O2/c1-22-20(24(2)14-15-5-7-17(21)8-6-15)23-12-11-16-13-18(25-3)9-10-19(16)26-4/h5-10,13H,11-12,14H2,1-4H3,(H,22,23). The summed E-state index contributed by atoms with van der Waals surface area (Å²) in [7, 11) is 7.00. The van der Waals surface area contributed by atoms with Gasteiger partial charge in [0.15, 0.2) is 5.96 Å². The Morgan fingerprint density at radius 2 is 1.85 bits per heavy atom. The van der Waals surface area contributed by atoms with E-state index in [4.69, 9.17) is 9.47 Å². The molecule has 2 rings (SSSR count). The molecule has 0 spiro atoms. The highest BCUT2D eigenvalue weighted by atomic mass is 19.1. The predicted octanol–water partition coefficient (Wildman–Crippen LogP) is 3.09. The van der Waals surface area contributed by atoms with Gasteiger partial charge in [0.25, 0.3) is 0 Å². The summed E-state index contributed by atoms with van der Waals surface area (Å²) in [5.41, 5.74) is 2.09. The zero-order valence-electron chi connectivity index (χ0n) is 15.8. The Kier molecular flexibility index (Phi) is 7.26. The molecule has 0 fully saturated rings. The number of aliphatic imine (C=N–C) groups is 1. The van der Waals surface area contributed by atoms with E-state index in [0.717, 1.165) is 35.0 Å². The van der Waals surface area contributed by atoms with Gasteiger partial charge in [-0.25, -0.2) is 4.39 Å². The largest absolute Gasteiger partial charge is 0.497 e. The van der Waals surface area contributed by atoms with Crippen LogP contribution in [0.15, 0.2) is 47.5 Å². The fourth-order valence-electron chi connectivity index (χ4n) is 2.71. The first-order valence-electron chi connectivity index (χ1n) is 8.44. The lowest BCUT2D eigenvalue weighted by molar-refractivity contribution is 0.398. The molecule has 140 valence electrons. The Bertz CT molecular complexity index is 732. The van der Waals surface area contributed by atoms with Crippen LogP contribution in [-0.4, -0.2) is 45.7 Å². The maximum absolute atomic E-state index is 13.0. The van der Waals surface area contributed by atoms with Crippen LogP contribution in [0.3, 0.4) is 0 Å². The van der Waals surface area contributed by atoms with Gasteiger partial charge >= 0.3 is 0 Å². The summed E-state index contributed by atoms with van der Waals surface area (Å²) < 4.78 is 23.7. The van der Waals surface area contributed by atoms with Crippen LogP contribution in [0.4, 0.5) is 4.39 Å². The molecule has 1 N–H and O–H groups in total. The van der Waals surface area contributed by atoms with Gasteiger partial charge in [0.1, 0.15) is 17.3 Å². The Morgan fingerprint density at radius 1 is 1.12 bits per heavy atom. The third-order valence-corrected chi connectivity index (χ3v) is 4.07. The average Bonchev–Trinajstić information content (AvgIpc) is 2.66. The first kappa shape index (κ1) is 19.6. The second kappa shape index (κ2) is 9.65. The van der Waals surface area contributed by atoms with Crippen LogP contribution in [0.1, 0.15) is 11.1 Å². The van der Waals surface area contributed by atoms with Crippen LogP contribution in [0.2, 0.25) is 0 Å². The minimum absolute atomic E-state index is 0.230. The van der Waals surface area contributed by atoms with E-state index in [1.54, 1.807) is 33.4 Å². The van der Waals surface area contributed by atoms with Gasteiger partial charge in [0.05, 0.1) is 14.2 Å². The highest BCUT2D eigenvalue weighted by Crippen LogP contribution is 2.24. The second-order valence-corrected chi connectivity index (χ2v) is 5.88. The van der Waals surface area contributed by atoms with Gasteiger partial charge < -0.3 is 19.7 Å². The molecule has 0 atom stereocenters. The van der Waals surface area contributed by atoms with Gasteiger partial charge in [-0.3, -0.25) is 4.99 Å². The molecule has 2 aromatic rings. The number of rotatable bonds is 7. The van der Waals surface area contributed by atoms with Crippen LogP contribution in [0.25, 0.3) is 0 Å². The lowest BCUT2D eigenvalue weighted by atomic mass is 10.1. The lowest BCUT2D eigenvalue weighted by Crippen LogP contribution is -2.39. The topological polar surface area (TPSA) is 46.1 Å². The van der Waals surface area contributed by atoms with E-state index in [1.807, 2.05) is 30.1 Å². The van der Waals surface area contributed by atoms with Crippen LogP contribution in [0.5, 0.6) is 11.5 Å². The van der Waals surface area contributed by atoms with Crippen molar-refractivity contribution in [2.45, 2.75) is 13.0 Å². The molecule has 5 nitrogen and oxygen atoms in total. The van der Waals surface area contributed by atoms with E-state index < -0.39 is 0 Å². The molecular weight excluding hydrogens is 333 g/mol. The summed E-state index contributed by atoms with van der Waals surface area (Å²) in [5, 5.41) is 3.34. The van der Waals surface area contributed by atoms with E-state index in [9.17, 15) is 4.39 Å². The van der Waals surface area contributed by atoms with E-state index in [1.165, 1.54) is 12.1 Å². The SMILES string of the molecule is CN=C(NCCc1cc(OC)ccc1OC)N(C)Cc1ccc(F)cc1. The number of benzene rings is 2. The number of ether oxygens (including phenoxy) is 2. The molecule has 26 heavy (non-hydrogen) atoms. The van der Waals surface area contributed by atoms with Gasteiger partial charge in [0, 0.05) is 27.2 Å². The highest BCUT2D eigenvalue weighted by Gasteiger charge is 2.09. The van der Waals surface area contributed by atoms with Crippen molar-refractivity contribution in [3.8, 4) is 11.5 Å². The number of hydrogen-bond donors (Lipinski definition) is 1. The van der Waals surface area contributed by atoms with E-state index >= 15 is 0 Å². The van der Waals surface area contributed by atoms with Gasteiger partial charge in [-0.1, -0.05) is 12.1 Å². The zero-order valence-corrected chi connectivity index (χ0v) is 15.8. The number of halogens is 1. The van der Waals surface area contributed by atoms with Crippen LogP contribution in [-0.2, 0) is 13.0 Å². The Labute approximate surface area is 154 Å². The summed E-state index contributed by atoms with van der Waals surface area (Å²) in [6, 6.07) is 12.3. The number of nitrogens with zero attached hydrogens (tertiary/aromatic N) is 2. The Balaban J connectivity index is 1.93. The molecule has 0 amide bonds. The molecule has 6 heteroatoms. The lowest BCUT2D eigenvalue weighted by Gasteiger charge is -2.22. The molecule has 0 aromatic heterocycles. The molecule has 0 bridgehead atoms. The molecule has 2 aromatic carbocycles. The van der Waals surface area contributed by atoms with Crippen molar-refractivity contribution in [1.82, 2.24) is 10.2 Å². The third-order valence-electron chi connectivity index (χ3n) is 4.07. The van der Waals surface area contributed by atoms with Crippen molar-refractivity contribution in [2.24, 2.45) is 4.99 Å². The van der Waals surface area contributed by atoms with Crippen molar-refractivity contribution >= 4 is 5.96 Å². The minimum Gasteiger partial charge on any atom is -0.497 e. The van der Waals surface area contributed by atoms with Crippen LogP contribution >= 0.6 is 0 Å². The van der Waals surface area contributed by atoms with Gasteiger partial charge in [-0.2, -0.15) is 0 Å². The summed E-state index contributed by atoms with van der Waals surface area (Å²) in [5.74, 6) is 2.18. The summed E-state index contributed by atoms with van der Waals surface area (Å²) in [6.07, 6.45) is 0.768. The van der Waals surface area contributed by atoms with Crippen LogP contribution < -0.4 is 14.8 Å². The smallest absolute Gasteiger partial charge is 0.193 e. The minimum atomic E-state index is -0.230. The summed E-state index contributed by atoms with van der Waals surface area (Å²) >= 11 is 0. The van der Waals surface area contributed by atoms with Crippen molar-refractivity contribution < 1.29 is 13.9 Å². The second-order valence-electron chi connectivity index (χ2n) is 5.88. The highest BCUT2D eigenvalue weighted by molar-refractivity contribution is 5.79. The maximum Gasteiger partial charge on any atom is 0.193 e. The molecule has 0 saturated carbocycles. The molecule has 0 aliphatic carbocycles. The fraction of sp³-hybridized carbons (Fsp3) is 0.350. The molecule has 0 radical (unpaired) electrons. The normalized spacial score (nSPS) is 11.2. The number of hydrogen-bond acceptors (Lipinski definition) is 3. The summed E-state index contributed by atoms with van der Waals surface area (Å²) in [4.78, 5) is 6.31. The fourth-order valence-corrected chi connectivity index (χ4v) is 2.71. The van der Waals surface area contributed by atoms with E-state index in [2.05, 4.69) is 10.3 Å². The van der Waals surface area contributed by atoms with Gasteiger partial charge in [-0.05, 0) is 47.9 Å². The van der Waals surface area contributed by atoms with Crippen molar-refractivity contribution in [3.05, 3.63) is 59.4 Å². The number of guanidine groups is 1. The summed E-state index contributed by atoms with van der Waals surface area (Å²) in [6.45, 7) is 1.34. The van der Waals surface area contributed by atoms with E-state index in [0.29, 0.717) is 13.1 Å². The van der Waals surface area contributed by atoms with Gasteiger partial charge in [0.2, 0.25) is 0 Å². The number of nitrogens with one attached hydrogen (secondary N) is 1. The molecule has 0 unspecified atom stereocenters. The Morgan fingerprint density at radius 3 is 2.46 bits per heavy atom. The maximum atomic E-state index is 13.0. The predicted molar refractivity (Wildman–Crippen MR) is 102 cm³/mol. The third kappa shape index (κ3) is 5.37. The van der Waals surface area contributed by atoms with Crippen LogP contribution in [0, 0.1) is 5.82 Å². The molecule has 0 aliphatic heterocycles. The van der Waals surface area contributed by atoms with Gasteiger partial charge in [-0.15, -0.1) is 0 Å². The quantitative estimate of drug-likeness (QED) is 0.610. The molecule has 0 heterocycles. The molecular formula is C20H26FN3O2. The molecule has 0 saturated heterocycles. The first-order chi connectivity index (χ1) is 12.6. The first-order valence-corrected chi connectivity index (χ1v) is 8.44. The van der Waals surface area contributed by atoms with Crippen molar-refractivity contribution in [3.63, 3.8) is 0 Å². The van der Waals surface area contributed by atoms with Crippen molar-refractivity contribution in [2.75, 3.05) is 34.9 Å². The van der Waals surface area contributed by atoms with E-state index in [-0.39, 0.29) is 5.82 Å². The monoisotopic (exact) mass is 359 g/mol. The van der Waals surface area contributed by atoms with Crippen molar-refractivity contribution in [1.29, 1.82) is 0 Å². The number of methoxy groups -OCH3 is 2. The zero-order chi connectivity index (χ0) is 18.9. The average molecular weight is 359 g/mol.